The van der Waals surface area contributed by atoms with Crippen LogP contribution in [0.2, 0.25) is 0 Å². The summed E-state index contributed by atoms with van der Waals surface area (Å²) in [5, 5.41) is 0. The number of methoxy groups -OCH3 is 1. The molecule has 9 heteroatoms. The van der Waals surface area contributed by atoms with Crippen molar-refractivity contribution in [1.82, 2.24) is 4.57 Å². The number of benzene rings is 3. The van der Waals surface area contributed by atoms with E-state index in [0.717, 1.165) is 22.3 Å². The predicted octanol–water partition coefficient (Wildman–Crippen LogP) is 6.62. The van der Waals surface area contributed by atoms with Crippen LogP contribution < -0.4 is 24.4 Å². The van der Waals surface area contributed by atoms with E-state index in [1.807, 2.05) is 86.7 Å². The minimum Gasteiger partial charge on any atom is -0.493 e. The molecule has 228 valence electrons. The first-order valence-corrected chi connectivity index (χ1v) is 16.2. The van der Waals surface area contributed by atoms with E-state index in [2.05, 4.69) is 29.8 Å². The van der Waals surface area contributed by atoms with Crippen molar-refractivity contribution in [2.75, 3.05) is 13.7 Å². The SMILES string of the molecule is CCOC(=O)C1=C(c2ccccc2)N=c2s/c(=C\c3cc(Br)c(OC(C)C)c(OC)c3)c(=O)n2[C@@H]1c1ccc(C(C)C)cc1. The summed E-state index contributed by atoms with van der Waals surface area (Å²) in [6, 6.07) is 20.6. The molecule has 0 fully saturated rings. The van der Waals surface area contributed by atoms with E-state index in [1.54, 1.807) is 18.6 Å². The number of rotatable bonds is 9. The monoisotopic (exact) mass is 674 g/mol. The fourth-order valence-corrected chi connectivity index (χ4v) is 6.70. The molecule has 0 aliphatic carbocycles. The molecule has 1 aliphatic rings. The molecule has 0 radical (unpaired) electrons. The molecule has 44 heavy (non-hydrogen) atoms. The lowest BCUT2D eigenvalue weighted by Gasteiger charge is -2.26. The van der Waals surface area contributed by atoms with Crippen molar-refractivity contribution in [1.29, 1.82) is 0 Å². The highest BCUT2D eigenvalue weighted by atomic mass is 79.9. The number of esters is 1. The Bertz CT molecular complexity index is 1890. The number of nitrogens with zero attached hydrogens (tertiary/aromatic N) is 2. The van der Waals surface area contributed by atoms with E-state index in [-0.39, 0.29) is 18.3 Å². The first-order chi connectivity index (χ1) is 21.1. The molecular formula is C35H35BrN2O5S. The molecule has 2 heterocycles. The highest BCUT2D eigenvalue weighted by Gasteiger charge is 2.35. The summed E-state index contributed by atoms with van der Waals surface area (Å²) in [6.07, 6.45) is 1.77. The molecule has 0 saturated heterocycles. The Balaban J connectivity index is 1.77. The van der Waals surface area contributed by atoms with Gasteiger partial charge < -0.3 is 14.2 Å². The number of thiazole rings is 1. The minimum absolute atomic E-state index is 0.0447. The van der Waals surface area contributed by atoms with Crippen molar-refractivity contribution < 1.29 is 19.0 Å². The van der Waals surface area contributed by atoms with Crippen molar-refractivity contribution in [2.45, 2.75) is 52.7 Å². The average Bonchev–Trinajstić information content (AvgIpc) is 3.31. The third kappa shape index (κ3) is 6.30. The van der Waals surface area contributed by atoms with E-state index in [4.69, 9.17) is 19.2 Å². The van der Waals surface area contributed by atoms with Crippen molar-refractivity contribution in [3.8, 4) is 11.5 Å². The summed E-state index contributed by atoms with van der Waals surface area (Å²) >= 11 is 4.88. The normalized spacial score (nSPS) is 14.9. The van der Waals surface area contributed by atoms with E-state index in [0.29, 0.717) is 42.5 Å². The Hall–Kier alpha value is -3.95. The fraction of sp³-hybridized carbons (Fsp3) is 0.286. The maximum Gasteiger partial charge on any atom is 0.338 e. The van der Waals surface area contributed by atoms with Crippen LogP contribution in [0.3, 0.4) is 0 Å². The maximum atomic E-state index is 14.2. The lowest BCUT2D eigenvalue weighted by atomic mass is 9.91. The standard InChI is InChI=1S/C35H35BrN2O5S/c1-7-42-34(40)29-30(24-11-9-8-10-12-24)37-35-38(31(29)25-15-13-23(14-16-25)20(2)3)33(39)28(44-35)19-22-17-26(36)32(43-21(4)5)27(18-22)41-6/h8-21,31H,7H2,1-6H3/b28-19-/t31-/m1/s1. The first kappa shape index (κ1) is 31.5. The second-order valence-corrected chi connectivity index (χ2v) is 12.8. The summed E-state index contributed by atoms with van der Waals surface area (Å²) in [4.78, 5) is 33.3. The van der Waals surface area contributed by atoms with Crippen LogP contribution >= 0.6 is 27.3 Å². The third-order valence-electron chi connectivity index (χ3n) is 7.20. The zero-order valence-corrected chi connectivity index (χ0v) is 28.0. The van der Waals surface area contributed by atoms with Gasteiger partial charge in [0.05, 0.1) is 46.1 Å². The summed E-state index contributed by atoms with van der Waals surface area (Å²) in [7, 11) is 1.58. The number of carbonyl (C=O) groups is 1. The number of fused-ring (bicyclic) bond motifs is 1. The number of aromatic nitrogens is 1. The lowest BCUT2D eigenvalue weighted by molar-refractivity contribution is -0.138. The molecule has 4 aromatic rings. The van der Waals surface area contributed by atoms with Gasteiger partial charge in [-0.05, 0) is 77.5 Å². The van der Waals surface area contributed by atoms with Crippen LogP contribution in [0.1, 0.15) is 68.8 Å². The zero-order chi connectivity index (χ0) is 31.5. The number of halogens is 1. The molecule has 0 saturated carbocycles. The van der Waals surface area contributed by atoms with Gasteiger partial charge in [0.2, 0.25) is 0 Å². The predicted molar refractivity (Wildman–Crippen MR) is 178 cm³/mol. The van der Waals surface area contributed by atoms with Gasteiger partial charge >= 0.3 is 5.97 Å². The summed E-state index contributed by atoms with van der Waals surface area (Å²) in [6.45, 7) is 10.1. The molecule has 5 rings (SSSR count). The molecule has 7 nitrogen and oxygen atoms in total. The van der Waals surface area contributed by atoms with Gasteiger partial charge in [-0.25, -0.2) is 9.79 Å². The van der Waals surface area contributed by atoms with Crippen LogP contribution in [-0.2, 0) is 9.53 Å². The maximum absolute atomic E-state index is 14.2. The van der Waals surface area contributed by atoms with Crippen molar-refractivity contribution >= 4 is 45.0 Å². The summed E-state index contributed by atoms with van der Waals surface area (Å²) < 4.78 is 19.9. The van der Waals surface area contributed by atoms with Gasteiger partial charge in [0.1, 0.15) is 0 Å². The van der Waals surface area contributed by atoms with Gasteiger partial charge in [0.25, 0.3) is 5.56 Å². The molecule has 0 spiro atoms. The Morgan fingerprint density at radius 2 is 1.77 bits per heavy atom. The largest absolute Gasteiger partial charge is 0.493 e. The van der Waals surface area contributed by atoms with Crippen LogP contribution in [0.5, 0.6) is 11.5 Å². The second kappa shape index (κ2) is 13.4. The Labute approximate surface area is 269 Å². The van der Waals surface area contributed by atoms with Crippen molar-refractivity contribution in [2.24, 2.45) is 4.99 Å². The molecule has 3 aromatic carbocycles. The van der Waals surface area contributed by atoms with E-state index < -0.39 is 12.0 Å². The van der Waals surface area contributed by atoms with Crippen LogP contribution in [-0.4, -0.2) is 30.4 Å². The first-order valence-electron chi connectivity index (χ1n) is 14.5. The molecule has 0 amide bonds. The van der Waals surface area contributed by atoms with Crippen LogP contribution in [0.4, 0.5) is 0 Å². The molecule has 1 aliphatic heterocycles. The highest BCUT2D eigenvalue weighted by Crippen LogP contribution is 2.38. The molecule has 1 aromatic heterocycles. The van der Waals surface area contributed by atoms with Crippen molar-refractivity contribution in [3.63, 3.8) is 0 Å². The number of carbonyl (C=O) groups excluding carboxylic acids is 1. The van der Waals surface area contributed by atoms with Gasteiger partial charge in [0, 0.05) is 5.56 Å². The third-order valence-corrected chi connectivity index (χ3v) is 8.77. The fourth-order valence-electron chi connectivity index (χ4n) is 5.14. The molecular weight excluding hydrogens is 640 g/mol. The van der Waals surface area contributed by atoms with Gasteiger partial charge in [-0.2, -0.15) is 0 Å². The smallest absolute Gasteiger partial charge is 0.338 e. The summed E-state index contributed by atoms with van der Waals surface area (Å²) in [5.41, 5.74) is 4.05. The zero-order valence-electron chi connectivity index (χ0n) is 25.6. The quantitative estimate of drug-likeness (QED) is 0.187. The van der Waals surface area contributed by atoms with Crippen molar-refractivity contribution in [3.05, 3.63) is 119 Å². The number of hydrogen-bond donors (Lipinski definition) is 0. The summed E-state index contributed by atoms with van der Waals surface area (Å²) in [5.74, 6) is 0.972. The average molecular weight is 676 g/mol. The molecule has 0 N–H and O–H groups in total. The van der Waals surface area contributed by atoms with Gasteiger partial charge in [0.15, 0.2) is 16.3 Å². The topological polar surface area (TPSA) is 79.1 Å². The van der Waals surface area contributed by atoms with E-state index >= 15 is 0 Å². The number of hydrogen-bond acceptors (Lipinski definition) is 7. The van der Waals surface area contributed by atoms with E-state index in [1.165, 1.54) is 11.3 Å². The van der Waals surface area contributed by atoms with Gasteiger partial charge in [-0.15, -0.1) is 0 Å². The van der Waals surface area contributed by atoms with Crippen LogP contribution in [0.15, 0.2) is 86.6 Å². The number of ether oxygens (including phenoxy) is 3. The van der Waals surface area contributed by atoms with Gasteiger partial charge in [-0.3, -0.25) is 9.36 Å². The lowest BCUT2D eigenvalue weighted by Crippen LogP contribution is -2.40. The second-order valence-electron chi connectivity index (χ2n) is 11.0. The Kier molecular flexibility index (Phi) is 9.56. The molecule has 0 unspecified atom stereocenters. The van der Waals surface area contributed by atoms with Crippen LogP contribution in [0.25, 0.3) is 11.8 Å². The highest BCUT2D eigenvalue weighted by molar-refractivity contribution is 9.10. The van der Waals surface area contributed by atoms with E-state index in [9.17, 15) is 9.59 Å². The molecule has 0 bridgehead atoms. The Morgan fingerprint density at radius 3 is 2.39 bits per heavy atom. The molecule has 1 atom stereocenters. The van der Waals surface area contributed by atoms with Gasteiger partial charge in [-0.1, -0.05) is 79.8 Å². The van der Waals surface area contributed by atoms with Crippen LogP contribution in [0, 0.1) is 0 Å². The minimum atomic E-state index is -0.730. The Morgan fingerprint density at radius 1 is 1.07 bits per heavy atom.